The Kier molecular flexibility index (Phi) is 9.28. The van der Waals surface area contributed by atoms with Crippen molar-refractivity contribution in [2.24, 2.45) is 0 Å². The number of hydrogen-bond donors (Lipinski definition) is 1. The standard InChI is InChI=1S/C23H30N2O8S/c1-7-25(34(28,29)16-9-10-19(33-8-2)15(3)11-16)14-22(26)24-18-13-21(31-5)20(30-4)12-17(18)23(27)32-6/h9-13H,7-8,14H2,1-6H3,(H,24,26). The molecular formula is C23H30N2O8S. The summed E-state index contributed by atoms with van der Waals surface area (Å²) in [5.41, 5.74) is 0.790. The van der Waals surface area contributed by atoms with Crippen LogP contribution in [0.5, 0.6) is 17.2 Å². The number of amides is 1. The number of rotatable bonds is 11. The molecule has 0 unspecified atom stereocenters. The lowest BCUT2D eigenvalue weighted by atomic mass is 10.1. The summed E-state index contributed by atoms with van der Waals surface area (Å²) in [6, 6.07) is 7.31. The molecular weight excluding hydrogens is 464 g/mol. The van der Waals surface area contributed by atoms with Crippen LogP contribution in [-0.2, 0) is 19.6 Å². The van der Waals surface area contributed by atoms with E-state index in [1.165, 1.54) is 45.6 Å². The maximum absolute atomic E-state index is 13.2. The average Bonchev–Trinajstić information content (AvgIpc) is 2.82. The number of hydrogen-bond acceptors (Lipinski definition) is 8. The highest BCUT2D eigenvalue weighted by Crippen LogP contribution is 2.34. The predicted octanol–water partition coefficient (Wildman–Crippen LogP) is 2.85. The Morgan fingerprint density at radius 2 is 1.62 bits per heavy atom. The van der Waals surface area contributed by atoms with Crippen molar-refractivity contribution in [3.8, 4) is 17.2 Å². The Balaban J connectivity index is 2.32. The molecule has 10 nitrogen and oxygen atoms in total. The van der Waals surface area contributed by atoms with Gasteiger partial charge >= 0.3 is 5.97 Å². The Labute approximate surface area is 199 Å². The highest BCUT2D eigenvalue weighted by Gasteiger charge is 2.27. The Morgan fingerprint density at radius 1 is 0.971 bits per heavy atom. The third-order valence-electron chi connectivity index (χ3n) is 4.96. The third-order valence-corrected chi connectivity index (χ3v) is 6.88. The molecule has 0 atom stereocenters. The normalized spacial score (nSPS) is 11.1. The van der Waals surface area contributed by atoms with Gasteiger partial charge in [0.05, 0.1) is 50.6 Å². The zero-order valence-corrected chi connectivity index (χ0v) is 20.9. The average molecular weight is 495 g/mol. The molecule has 186 valence electrons. The number of anilines is 1. The minimum atomic E-state index is -3.97. The fourth-order valence-electron chi connectivity index (χ4n) is 3.23. The molecule has 34 heavy (non-hydrogen) atoms. The number of carbonyl (C=O) groups is 2. The summed E-state index contributed by atoms with van der Waals surface area (Å²) in [4.78, 5) is 25.1. The van der Waals surface area contributed by atoms with Gasteiger partial charge in [0.2, 0.25) is 15.9 Å². The summed E-state index contributed by atoms with van der Waals surface area (Å²) in [6.45, 7) is 5.25. The molecule has 0 aliphatic rings. The molecule has 1 amide bonds. The Morgan fingerprint density at radius 3 is 2.15 bits per heavy atom. The van der Waals surface area contributed by atoms with Crippen molar-refractivity contribution in [3.63, 3.8) is 0 Å². The first-order valence-electron chi connectivity index (χ1n) is 10.5. The Hall–Kier alpha value is -3.31. The van der Waals surface area contributed by atoms with Crippen LogP contribution in [0.4, 0.5) is 5.69 Å². The molecule has 0 aromatic heterocycles. The predicted molar refractivity (Wildman–Crippen MR) is 126 cm³/mol. The summed E-state index contributed by atoms with van der Waals surface area (Å²) in [7, 11) is 0.0513. The molecule has 0 spiro atoms. The number of likely N-dealkylation sites (N-methyl/N-ethyl adjacent to an activating group) is 1. The van der Waals surface area contributed by atoms with E-state index in [-0.39, 0.29) is 34.2 Å². The molecule has 2 aromatic carbocycles. The zero-order chi connectivity index (χ0) is 25.5. The lowest BCUT2D eigenvalue weighted by molar-refractivity contribution is -0.116. The van der Waals surface area contributed by atoms with Gasteiger partial charge in [-0.2, -0.15) is 4.31 Å². The zero-order valence-electron chi connectivity index (χ0n) is 20.1. The molecule has 11 heteroatoms. The molecule has 0 saturated carbocycles. The van der Waals surface area contributed by atoms with Gasteiger partial charge < -0.3 is 24.3 Å². The molecule has 0 bridgehead atoms. The van der Waals surface area contributed by atoms with Crippen LogP contribution in [0.2, 0.25) is 0 Å². The largest absolute Gasteiger partial charge is 0.494 e. The van der Waals surface area contributed by atoms with Crippen LogP contribution in [0.1, 0.15) is 29.8 Å². The lowest BCUT2D eigenvalue weighted by Crippen LogP contribution is -2.38. The third kappa shape index (κ3) is 5.97. The van der Waals surface area contributed by atoms with Crippen molar-refractivity contribution in [1.82, 2.24) is 4.31 Å². The molecule has 2 rings (SSSR count). The van der Waals surface area contributed by atoms with Gasteiger partial charge in [0.1, 0.15) is 5.75 Å². The van der Waals surface area contributed by atoms with Gasteiger partial charge in [-0.25, -0.2) is 13.2 Å². The molecule has 0 radical (unpaired) electrons. The smallest absolute Gasteiger partial charge is 0.340 e. The minimum absolute atomic E-state index is 0.0292. The van der Waals surface area contributed by atoms with E-state index in [0.29, 0.717) is 17.9 Å². The van der Waals surface area contributed by atoms with E-state index in [1.54, 1.807) is 19.9 Å². The van der Waals surface area contributed by atoms with Gasteiger partial charge in [-0.1, -0.05) is 6.92 Å². The minimum Gasteiger partial charge on any atom is -0.494 e. The van der Waals surface area contributed by atoms with E-state index >= 15 is 0 Å². The van der Waals surface area contributed by atoms with Crippen LogP contribution in [0, 0.1) is 6.92 Å². The van der Waals surface area contributed by atoms with E-state index in [2.05, 4.69) is 5.32 Å². The SMILES string of the molecule is CCOc1ccc(S(=O)(=O)N(CC)CC(=O)Nc2cc(OC)c(OC)cc2C(=O)OC)cc1C. The number of ether oxygens (including phenoxy) is 4. The van der Waals surface area contributed by atoms with Crippen LogP contribution in [0.3, 0.4) is 0 Å². The van der Waals surface area contributed by atoms with Crippen LogP contribution in [0.25, 0.3) is 0 Å². The van der Waals surface area contributed by atoms with Crippen molar-refractivity contribution in [3.05, 3.63) is 41.5 Å². The van der Waals surface area contributed by atoms with Crippen LogP contribution in [0.15, 0.2) is 35.2 Å². The summed E-state index contributed by atoms with van der Waals surface area (Å²) < 4.78 is 48.1. The number of nitrogens with one attached hydrogen (secondary N) is 1. The Bertz CT molecular complexity index is 1150. The van der Waals surface area contributed by atoms with Crippen molar-refractivity contribution in [1.29, 1.82) is 0 Å². The lowest BCUT2D eigenvalue weighted by Gasteiger charge is -2.21. The molecule has 2 aromatic rings. The summed E-state index contributed by atoms with van der Waals surface area (Å²) >= 11 is 0. The highest BCUT2D eigenvalue weighted by atomic mass is 32.2. The monoisotopic (exact) mass is 494 g/mol. The van der Waals surface area contributed by atoms with E-state index < -0.39 is 28.4 Å². The quantitative estimate of drug-likeness (QED) is 0.474. The van der Waals surface area contributed by atoms with Crippen molar-refractivity contribution in [2.75, 3.05) is 46.3 Å². The van der Waals surface area contributed by atoms with Gasteiger partial charge in [-0.15, -0.1) is 0 Å². The van der Waals surface area contributed by atoms with Crippen LogP contribution in [-0.4, -0.2) is 65.6 Å². The fourth-order valence-corrected chi connectivity index (χ4v) is 4.72. The summed E-state index contributed by atoms with van der Waals surface area (Å²) in [5.74, 6) is -0.225. The number of methoxy groups -OCH3 is 3. The molecule has 0 saturated heterocycles. The number of benzene rings is 2. The number of sulfonamides is 1. The molecule has 1 N–H and O–H groups in total. The maximum atomic E-state index is 13.2. The highest BCUT2D eigenvalue weighted by molar-refractivity contribution is 7.89. The summed E-state index contributed by atoms with van der Waals surface area (Å²) in [5, 5.41) is 2.58. The second kappa shape index (κ2) is 11.7. The van der Waals surface area contributed by atoms with Crippen LogP contribution >= 0.6 is 0 Å². The molecule has 0 heterocycles. The van der Waals surface area contributed by atoms with E-state index in [9.17, 15) is 18.0 Å². The van der Waals surface area contributed by atoms with E-state index in [4.69, 9.17) is 18.9 Å². The molecule has 0 aliphatic heterocycles. The van der Waals surface area contributed by atoms with Crippen molar-refractivity contribution < 1.29 is 37.0 Å². The second-order valence-electron chi connectivity index (χ2n) is 7.08. The first-order valence-corrected chi connectivity index (χ1v) is 11.9. The number of nitrogens with zero attached hydrogens (tertiary/aromatic N) is 1. The number of carbonyl (C=O) groups excluding carboxylic acids is 2. The van der Waals surface area contributed by atoms with Crippen LogP contribution < -0.4 is 19.5 Å². The maximum Gasteiger partial charge on any atom is 0.340 e. The number of esters is 1. The van der Waals surface area contributed by atoms with Gasteiger partial charge in [-0.05, 0) is 37.6 Å². The molecule has 0 fully saturated rings. The van der Waals surface area contributed by atoms with Crippen molar-refractivity contribution >= 4 is 27.6 Å². The fraction of sp³-hybridized carbons (Fsp3) is 0.391. The van der Waals surface area contributed by atoms with E-state index in [1.807, 2.05) is 6.92 Å². The first-order chi connectivity index (χ1) is 16.1. The van der Waals surface area contributed by atoms with Crippen molar-refractivity contribution in [2.45, 2.75) is 25.7 Å². The topological polar surface area (TPSA) is 120 Å². The second-order valence-corrected chi connectivity index (χ2v) is 9.02. The first kappa shape index (κ1) is 26.9. The summed E-state index contributed by atoms with van der Waals surface area (Å²) in [6.07, 6.45) is 0. The van der Waals surface area contributed by atoms with Gasteiger partial charge in [-0.3, -0.25) is 4.79 Å². The van der Waals surface area contributed by atoms with Gasteiger partial charge in [0.25, 0.3) is 0 Å². The molecule has 0 aliphatic carbocycles. The van der Waals surface area contributed by atoms with Gasteiger partial charge in [0.15, 0.2) is 11.5 Å². The van der Waals surface area contributed by atoms with Gasteiger partial charge in [0, 0.05) is 18.7 Å². The number of aryl methyl sites for hydroxylation is 1. The van der Waals surface area contributed by atoms with E-state index in [0.717, 1.165) is 4.31 Å².